The lowest BCUT2D eigenvalue weighted by Crippen LogP contribution is -2.27. The van der Waals surface area contributed by atoms with Crippen LogP contribution in [-0.4, -0.2) is 50.0 Å². The third-order valence-electron chi connectivity index (χ3n) is 6.09. The summed E-state index contributed by atoms with van der Waals surface area (Å²) in [7, 11) is 0. The zero-order valence-corrected chi connectivity index (χ0v) is 23.0. The fourth-order valence-corrected chi connectivity index (χ4v) is 4.63. The van der Waals surface area contributed by atoms with E-state index in [1.807, 2.05) is 13.8 Å². The van der Waals surface area contributed by atoms with Crippen LogP contribution in [0.3, 0.4) is 0 Å². The Morgan fingerprint density at radius 1 is 0.656 bits per heavy atom. The van der Waals surface area contributed by atoms with Crippen LogP contribution in [0.5, 0.6) is 0 Å². The smallest absolute Gasteiger partial charge is 0.154 e. The Morgan fingerprint density at radius 2 is 1.16 bits per heavy atom. The fourth-order valence-electron chi connectivity index (χ4n) is 3.50. The number of allylic oxidation sites excluding steroid dienone is 2. The van der Waals surface area contributed by atoms with Crippen LogP contribution in [0.1, 0.15) is 87.5 Å². The van der Waals surface area contributed by atoms with Crippen molar-refractivity contribution in [2.45, 2.75) is 105 Å². The molecule has 4 aliphatic rings. The fraction of sp³-hybridized carbons (Fsp3) is 0.926. The summed E-state index contributed by atoms with van der Waals surface area (Å²) < 4.78 is 20.7. The predicted octanol–water partition coefficient (Wildman–Crippen LogP) is 7.32. The number of hydrogen-bond acceptors (Lipinski definition) is 5. The molecule has 0 aromatic heterocycles. The third-order valence-corrected chi connectivity index (χ3v) is 7.66. The lowest BCUT2D eigenvalue weighted by atomic mass is 9.92. The number of rotatable bonds is 0. The van der Waals surface area contributed by atoms with Crippen LogP contribution in [0.2, 0.25) is 0 Å². The molecule has 0 saturated carbocycles. The maximum atomic E-state index is 5.17. The van der Waals surface area contributed by atoms with Crippen molar-refractivity contribution in [2.75, 3.05) is 32.2 Å². The number of hydrogen-bond donors (Lipinski definition) is 0. The van der Waals surface area contributed by atoms with E-state index >= 15 is 0 Å². The number of thioether (sulfide) groups is 1. The SMILES string of the molecule is CC1=CCC(C)CC1.CC1CCC(C)SC1.CC1COC(C)OC1.CC1COC(C)OC1. The van der Waals surface area contributed by atoms with Gasteiger partial charge in [0.05, 0.1) is 26.4 Å². The van der Waals surface area contributed by atoms with Gasteiger partial charge in [0.15, 0.2) is 12.6 Å². The summed E-state index contributed by atoms with van der Waals surface area (Å²) >= 11 is 2.13. The third kappa shape index (κ3) is 15.7. The molecule has 0 aromatic rings. The molecule has 0 spiro atoms. The lowest BCUT2D eigenvalue weighted by molar-refractivity contribution is -0.187. The van der Waals surface area contributed by atoms with E-state index in [9.17, 15) is 0 Å². The van der Waals surface area contributed by atoms with Crippen LogP contribution in [0.25, 0.3) is 0 Å². The molecule has 0 amide bonds. The van der Waals surface area contributed by atoms with Gasteiger partial charge in [-0.1, -0.05) is 46.3 Å². The lowest BCUT2D eigenvalue weighted by Gasteiger charge is -2.24. The molecule has 4 nitrogen and oxygen atoms in total. The van der Waals surface area contributed by atoms with E-state index in [-0.39, 0.29) is 12.6 Å². The quantitative estimate of drug-likeness (QED) is 0.345. The van der Waals surface area contributed by atoms with Crippen LogP contribution in [0, 0.1) is 23.7 Å². The Morgan fingerprint density at radius 3 is 1.44 bits per heavy atom. The van der Waals surface area contributed by atoms with Gasteiger partial charge in [-0.25, -0.2) is 0 Å². The van der Waals surface area contributed by atoms with Crippen molar-refractivity contribution < 1.29 is 18.9 Å². The zero-order chi connectivity index (χ0) is 23.9. The predicted molar refractivity (Wildman–Crippen MR) is 138 cm³/mol. The van der Waals surface area contributed by atoms with E-state index in [0.717, 1.165) is 43.5 Å². The molecule has 190 valence electrons. The first-order valence-electron chi connectivity index (χ1n) is 12.9. The average molecular weight is 473 g/mol. The molecule has 3 saturated heterocycles. The maximum Gasteiger partial charge on any atom is 0.154 e. The van der Waals surface area contributed by atoms with E-state index in [4.69, 9.17) is 18.9 Å². The Balaban J connectivity index is 0.000000213. The molecule has 1 aliphatic carbocycles. The van der Waals surface area contributed by atoms with Gasteiger partial charge in [0, 0.05) is 17.1 Å². The van der Waals surface area contributed by atoms with Gasteiger partial charge >= 0.3 is 0 Å². The van der Waals surface area contributed by atoms with Gasteiger partial charge in [-0.3, -0.25) is 0 Å². The second-order valence-electron chi connectivity index (χ2n) is 10.4. The summed E-state index contributed by atoms with van der Waals surface area (Å²) in [4.78, 5) is 0. The first-order chi connectivity index (χ1) is 15.2. The van der Waals surface area contributed by atoms with E-state index in [2.05, 4.69) is 59.4 Å². The largest absolute Gasteiger partial charge is 0.353 e. The Labute approximate surface area is 203 Å². The van der Waals surface area contributed by atoms with Crippen LogP contribution < -0.4 is 0 Å². The van der Waals surface area contributed by atoms with E-state index in [1.54, 1.807) is 5.57 Å². The molecule has 32 heavy (non-hydrogen) atoms. The highest BCUT2D eigenvalue weighted by Crippen LogP contribution is 2.28. The molecule has 3 aliphatic heterocycles. The summed E-state index contributed by atoms with van der Waals surface area (Å²) in [5, 5.41) is 0.936. The molecule has 0 aromatic carbocycles. The topological polar surface area (TPSA) is 36.9 Å². The van der Waals surface area contributed by atoms with Crippen LogP contribution in [0.4, 0.5) is 0 Å². The summed E-state index contributed by atoms with van der Waals surface area (Å²) in [5.41, 5.74) is 1.59. The molecule has 3 heterocycles. The van der Waals surface area contributed by atoms with E-state index in [1.165, 1.54) is 37.9 Å². The Hall–Kier alpha value is -0.0700. The van der Waals surface area contributed by atoms with Gasteiger partial charge in [-0.05, 0) is 70.5 Å². The molecule has 0 N–H and O–H groups in total. The average Bonchev–Trinajstić information content (AvgIpc) is 2.78. The molecule has 5 heteroatoms. The zero-order valence-electron chi connectivity index (χ0n) is 22.2. The number of ether oxygens (including phenoxy) is 4. The van der Waals surface area contributed by atoms with Gasteiger partial charge in [-0.2, -0.15) is 11.8 Å². The van der Waals surface area contributed by atoms with Crippen molar-refractivity contribution >= 4 is 11.8 Å². The van der Waals surface area contributed by atoms with Gasteiger partial charge < -0.3 is 18.9 Å². The van der Waals surface area contributed by atoms with Crippen molar-refractivity contribution in [3.63, 3.8) is 0 Å². The van der Waals surface area contributed by atoms with Crippen molar-refractivity contribution in [3.8, 4) is 0 Å². The minimum atomic E-state index is 0.0196. The van der Waals surface area contributed by atoms with E-state index in [0.29, 0.717) is 11.8 Å². The molecule has 0 radical (unpaired) electrons. The summed E-state index contributed by atoms with van der Waals surface area (Å²) in [5.74, 6) is 4.47. The standard InChI is InChI=1S/C8H14.C7H14S.2C6H12O2/c1-7-3-5-8(2)6-4-7;1-6-3-4-7(2)8-5-6;2*1-5-3-7-6(2)8-4-5/h3,8H,4-6H2,1-2H3;6-7H,3-5H2,1-2H3;2*5-6H,3-4H2,1-2H3. The first kappa shape index (κ1) is 30.0. The summed E-state index contributed by atoms with van der Waals surface area (Å²) in [6.07, 6.45) is 9.35. The monoisotopic (exact) mass is 472 g/mol. The molecule has 3 atom stereocenters. The van der Waals surface area contributed by atoms with Gasteiger partial charge in [-0.15, -0.1) is 0 Å². The molecule has 3 unspecified atom stereocenters. The highest BCUT2D eigenvalue weighted by Gasteiger charge is 2.15. The molecule has 3 fully saturated rings. The van der Waals surface area contributed by atoms with Crippen molar-refractivity contribution in [1.82, 2.24) is 0 Å². The molecular weight excluding hydrogens is 420 g/mol. The second kappa shape index (κ2) is 17.4. The van der Waals surface area contributed by atoms with Crippen LogP contribution >= 0.6 is 11.8 Å². The van der Waals surface area contributed by atoms with Crippen LogP contribution in [-0.2, 0) is 18.9 Å². The maximum absolute atomic E-state index is 5.17. The molecular formula is C27H52O4S. The molecule has 4 rings (SSSR count). The van der Waals surface area contributed by atoms with Crippen molar-refractivity contribution in [1.29, 1.82) is 0 Å². The second-order valence-corrected chi connectivity index (χ2v) is 11.9. The summed E-state index contributed by atoms with van der Waals surface area (Å²) in [6, 6.07) is 0. The van der Waals surface area contributed by atoms with Gasteiger partial charge in [0.25, 0.3) is 0 Å². The van der Waals surface area contributed by atoms with Crippen molar-refractivity contribution in [3.05, 3.63) is 11.6 Å². The van der Waals surface area contributed by atoms with E-state index < -0.39 is 0 Å². The highest BCUT2D eigenvalue weighted by molar-refractivity contribution is 7.99. The normalized spacial score (nSPS) is 37.2. The minimum Gasteiger partial charge on any atom is -0.353 e. The van der Waals surface area contributed by atoms with Crippen molar-refractivity contribution in [2.24, 2.45) is 23.7 Å². The minimum absolute atomic E-state index is 0.0196. The van der Waals surface area contributed by atoms with Gasteiger partial charge in [0.2, 0.25) is 0 Å². The highest BCUT2D eigenvalue weighted by atomic mass is 32.2. The Bertz CT molecular complexity index is 396. The summed E-state index contributed by atoms with van der Waals surface area (Å²) in [6.45, 7) is 20.7. The first-order valence-corrected chi connectivity index (χ1v) is 13.9. The Kier molecular flexibility index (Phi) is 16.3. The molecule has 0 bridgehead atoms. The van der Waals surface area contributed by atoms with Gasteiger partial charge in [0.1, 0.15) is 0 Å². The van der Waals surface area contributed by atoms with Crippen LogP contribution in [0.15, 0.2) is 11.6 Å².